The van der Waals surface area contributed by atoms with Crippen molar-refractivity contribution in [2.45, 2.75) is 62.5 Å². The van der Waals surface area contributed by atoms with Crippen LogP contribution in [0.3, 0.4) is 0 Å². The molecular weight excluding hydrogens is 420 g/mol. The van der Waals surface area contributed by atoms with Crippen LogP contribution in [0.1, 0.15) is 41.5 Å². The van der Waals surface area contributed by atoms with E-state index < -0.39 is 33.2 Å². The molecule has 0 aliphatic heterocycles. The van der Waals surface area contributed by atoms with E-state index in [0.717, 1.165) is 0 Å². The average Bonchev–Trinajstić information content (AvgIpc) is 2.58. The van der Waals surface area contributed by atoms with Crippen LogP contribution in [0.4, 0.5) is 21.0 Å². The van der Waals surface area contributed by atoms with Crippen molar-refractivity contribution in [2.75, 3.05) is 10.6 Å². The molecule has 9 heteroatoms. The number of benzene rings is 2. The molecule has 0 saturated carbocycles. The molecule has 0 saturated heterocycles. The third-order valence-corrected chi connectivity index (χ3v) is 5.33. The standard InChI is InChI=1S/C22H28N2O6S/c1-21(2,3)29-19(25)23-15-9-7-11-17(13-15)31(27,28)18-12-8-10-16(14-18)24-20(26)30-22(4,5)6/h7-14H,1-6H3,(H,23,25)(H,24,26). The topological polar surface area (TPSA) is 111 Å². The lowest BCUT2D eigenvalue weighted by molar-refractivity contribution is 0.0624. The van der Waals surface area contributed by atoms with E-state index in [1.54, 1.807) is 53.7 Å². The van der Waals surface area contributed by atoms with Gasteiger partial charge in [0.25, 0.3) is 0 Å². The van der Waals surface area contributed by atoms with Crippen molar-refractivity contribution in [3.63, 3.8) is 0 Å². The van der Waals surface area contributed by atoms with Gasteiger partial charge in [-0.3, -0.25) is 10.6 Å². The fourth-order valence-electron chi connectivity index (χ4n) is 2.46. The predicted octanol–water partition coefficient (Wildman–Crippen LogP) is 5.21. The second-order valence-electron chi connectivity index (χ2n) is 8.81. The smallest absolute Gasteiger partial charge is 0.412 e. The molecule has 0 atom stereocenters. The fourth-order valence-corrected chi connectivity index (χ4v) is 3.81. The number of amides is 2. The molecule has 0 aliphatic rings. The number of nitrogens with one attached hydrogen (secondary N) is 2. The molecule has 2 aromatic rings. The molecule has 2 amide bonds. The van der Waals surface area contributed by atoms with Gasteiger partial charge in [-0.2, -0.15) is 0 Å². The van der Waals surface area contributed by atoms with Crippen LogP contribution < -0.4 is 10.6 Å². The SMILES string of the molecule is CC(C)(C)OC(=O)Nc1cccc(S(=O)(=O)c2cccc(NC(=O)OC(C)(C)C)c2)c1. The normalized spacial score (nSPS) is 12.1. The zero-order chi connectivity index (χ0) is 23.4. The van der Waals surface area contributed by atoms with Gasteiger partial charge in [-0.15, -0.1) is 0 Å². The highest BCUT2D eigenvalue weighted by Crippen LogP contribution is 2.26. The van der Waals surface area contributed by atoms with Crippen LogP contribution in [0.2, 0.25) is 0 Å². The molecule has 0 spiro atoms. The summed E-state index contributed by atoms with van der Waals surface area (Å²) in [5.74, 6) is 0. The third-order valence-electron chi connectivity index (χ3n) is 3.58. The summed E-state index contributed by atoms with van der Waals surface area (Å²) in [6, 6.07) is 11.7. The van der Waals surface area contributed by atoms with Crippen LogP contribution in [0.25, 0.3) is 0 Å². The molecule has 31 heavy (non-hydrogen) atoms. The minimum atomic E-state index is -3.91. The quantitative estimate of drug-likeness (QED) is 0.664. The number of hydrogen-bond donors (Lipinski definition) is 2. The second kappa shape index (κ2) is 8.97. The second-order valence-corrected chi connectivity index (χ2v) is 10.8. The lowest BCUT2D eigenvalue weighted by atomic mass is 10.2. The Bertz CT molecular complexity index is 986. The molecule has 2 rings (SSSR count). The summed E-state index contributed by atoms with van der Waals surface area (Å²) in [4.78, 5) is 23.9. The van der Waals surface area contributed by atoms with E-state index in [0.29, 0.717) is 0 Å². The highest BCUT2D eigenvalue weighted by atomic mass is 32.2. The van der Waals surface area contributed by atoms with Crippen molar-refractivity contribution in [2.24, 2.45) is 0 Å². The first kappa shape index (κ1) is 24.2. The Morgan fingerprint density at radius 1 is 0.710 bits per heavy atom. The van der Waals surface area contributed by atoms with E-state index in [9.17, 15) is 18.0 Å². The van der Waals surface area contributed by atoms with Crippen molar-refractivity contribution < 1.29 is 27.5 Å². The Morgan fingerprint density at radius 3 is 1.39 bits per heavy atom. The summed E-state index contributed by atoms with van der Waals surface area (Å²) in [7, 11) is -3.91. The molecule has 0 heterocycles. The van der Waals surface area contributed by atoms with Gasteiger partial charge in [-0.05, 0) is 77.9 Å². The number of carbonyl (C=O) groups excluding carboxylic acids is 2. The lowest BCUT2D eigenvalue weighted by Gasteiger charge is -2.20. The summed E-state index contributed by atoms with van der Waals surface area (Å²) < 4.78 is 36.5. The first-order chi connectivity index (χ1) is 14.2. The van der Waals surface area contributed by atoms with E-state index in [1.807, 2.05) is 0 Å². The summed E-state index contributed by atoms with van der Waals surface area (Å²) in [6.45, 7) is 10.4. The summed E-state index contributed by atoms with van der Waals surface area (Å²) >= 11 is 0. The first-order valence-corrected chi connectivity index (χ1v) is 11.1. The third kappa shape index (κ3) is 7.60. The molecule has 2 aromatic carbocycles. The maximum atomic E-state index is 13.1. The predicted molar refractivity (Wildman–Crippen MR) is 118 cm³/mol. The summed E-state index contributed by atoms with van der Waals surface area (Å²) in [6.07, 6.45) is -1.38. The summed E-state index contributed by atoms with van der Waals surface area (Å²) in [5.41, 5.74) is -0.818. The van der Waals surface area contributed by atoms with Gasteiger partial charge < -0.3 is 9.47 Å². The number of carbonyl (C=O) groups is 2. The molecule has 0 aromatic heterocycles. The zero-order valence-corrected chi connectivity index (χ0v) is 19.3. The van der Waals surface area contributed by atoms with Gasteiger partial charge in [0.2, 0.25) is 9.84 Å². The monoisotopic (exact) mass is 448 g/mol. The number of sulfone groups is 1. The van der Waals surface area contributed by atoms with Crippen molar-refractivity contribution in [3.8, 4) is 0 Å². The Morgan fingerprint density at radius 2 is 1.06 bits per heavy atom. The van der Waals surface area contributed by atoms with Crippen molar-refractivity contribution >= 4 is 33.4 Å². The van der Waals surface area contributed by atoms with Crippen molar-refractivity contribution in [1.29, 1.82) is 0 Å². The molecule has 168 valence electrons. The van der Waals surface area contributed by atoms with Gasteiger partial charge in [-0.25, -0.2) is 18.0 Å². The van der Waals surface area contributed by atoms with Gasteiger partial charge in [0, 0.05) is 11.4 Å². The Kier molecular flexibility index (Phi) is 7.00. The molecular formula is C22H28N2O6S. The zero-order valence-electron chi connectivity index (χ0n) is 18.5. The number of anilines is 2. The average molecular weight is 449 g/mol. The van der Waals surface area contributed by atoms with Gasteiger partial charge in [0.15, 0.2) is 0 Å². The Balaban J connectivity index is 2.24. The van der Waals surface area contributed by atoms with Crippen LogP contribution in [0, 0.1) is 0 Å². The van der Waals surface area contributed by atoms with E-state index >= 15 is 0 Å². The van der Waals surface area contributed by atoms with Crippen LogP contribution in [-0.4, -0.2) is 31.8 Å². The molecule has 2 N–H and O–H groups in total. The van der Waals surface area contributed by atoms with Gasteiger partial charge >= 0.3 is 12.2 Å². The largest absolute Gasteiger partial charge is 0.444 e. The summed E-state index contributed by atoms with van der Waals surface area (Å²) in [5, 5.41) is 5.04. The first-order valence-electron chi connectivity index (χ1n) is 9.61. The van der Waals surface area contributed by atoms with E-state index in [1.165, 1.54) is 36.4 Å². The van der Waals surface area contributed by atoms with E-state index in [2.05, 4.69) is 10.6 Å². The van der Waals surface area contributed by atoms with Gasteiger partial charge in [0.1, 0.15) is 11.2 Å². The van der Waals surface area contributed by atoms with Crippen molar-refractivity contribution in [1.82, 2.24) is 0 Å². The van der Waals surface area contributed by atoms with Crippen LogP contribution in [0.15, 0.2) is 58.3 Å². The number of rotatable bonds is 4. The molecule has 0 aliphatic carbocycles. The molecule has 0 fully saturated rings. The van der Waals surface area contributed by atoms with Gasteiger partial charge in [0.05, 0.1) is 9.79 Å². The van der Waals surface area contributed by atoms with Crippen LogP contribution in [-0.2, 0) is 19.3 Å². The van der Waals surface area contributed by atoms with Crippen LogP contribution >= 0.6 is 0 Å². The van der Waals surface area contributed by atoms with Crippen LogP contribution in [0.5, 0.6) is 0 Å². The Hall–Kier alpha value is -3.07. The lowest BCUT2D eigenvalue weighted by Crippen LogP contribution is -2.27. The highest BCUT2D eigenvalue weighted by Gasteiger charge is 2.21. The maximum absolute atomic E-state index is 13.1. The van der Waals surface area contributed by atoms with E-state index in [-0.39, 0.29) is 21.2 Å². The molecule has 0 unspecified atom stereocenters. The van der Waals surface area contributed by atoms with E-state index in [4.69, 9.17) is 9.47 Å². The molecule has 0 radical (unpaired) electrons. The maximum Gasteiger partial charge on any atom is 0.412 e. The number of ether oxygens (including phenoxy) is 2. The van der Waals surface area contributed by atoms with Gasteiger partial charge in [-0.1, -0.05) is 12.1 Å². The van der Waals surface area contributed by atoms with Crippen molar-refractivity contribution in [3.05, 3.63) is 48.5 Å². The minimum absolute atomic E-state index is 0.0181. The molecule has 8 nitrogen and oxygen atoms in total. The molecule has 0 bridgehead atoms. The Labute approximate surface area is 182 Å². The minimum Gasteiger partial charge on any atom is -0.444 e. The highest BCUT2D eigenvalue weighted by molar-refractivity contribution is 7.91. The fraction of sp³-hybridized carbons (Fsp3) is 0.364. The number of hydrogen-bond acceptors (Lipinski definition) is 6.